The summed E-state index contributed by atoms with van der Waals surface area (Å²) in [6.07, 6.45) is 6.89. The molecule has 0 saturated heterocycles. The van der Waals surface area contributed by atoms with Gasteiger partial charge in [-0.25, -0.2) is 4.98 Å². The number of unbranched alkanes of at least 4 members (excludes halogenated alkanes) is 1. The lowest BCUT2D eigenvalue weighted by Gasteiger charge is -2.16. The fourth-order valence-electron chi connectivity index (χ4n) is 4.40. The number of aromatic nitrogens is 1. The molecule has 2 aromatic carbocycles. The average molecular weight is 401 g/mol. The van der Waals surface area contributed by atoms with Gasteiger partial charge >= 0.3 is 5.97 Å². The number of carbonyl (C=O) groups is 1. The summed E-state index contributed by atoms with van der Waals surface area (Å²) in [5, 5.41) is 12.8. The summed E-state index contributed by atoms with van der Waals surface area (Å²) >= 11 is 0. The third-order valence-electron chi connectivity index (χ3n) is 5.90. The minimum atomic E-state index is -0.727. The molecule has 2 N–H and O–H groups in total. The van der Waals surface area contributed by atoms with Crippen molar-refractivity contribution in [3.05, 3.63) is 94.7 Å². The van der Waals surface area contributed by atoms with Crippen LogP contribution in [0.15, 0.2) is 66.9 Å². The number of anilines is 1. The van der Waals surface area contributed by atoms with Crippen molar-refractivity contribution in [1.82, 2.24) is 4.98 Å². The Morgan fingerprint density at radius 1 is 1.00 bits per heavy atom. The average Bonchev–Trinajstić information content (AvgIpc) is 2.90. The number of benzene rings is 2. The predicted octanol–water partition coefficient (Wildman–Crippen LogP) is 5.22. The number of fused-ring (bicyclic) bond motifs is 2. The number of nitrogens with one attached hydrogen (secondary N) is 1. The van der Waals surface area contributed by atoms with E-state index < -0.39 is 5.97 Å². The van der Waals surface area contributed by atoms with Crippen LogP contribution in [0.3, 0.4) is 0 Å². The molecule has 4 nitrogen and oxygen atoms in total. The van der Waals surface area contributed by atoms with Crippen molar-refractivity contribution < 1.29 is 9.90 Å². The number of nitrogens with zero attached hydrogens (tertiary/aromatic N) is 1. The van der Waals surface area contributed by atoms with Gasteiger partial charge in [0.1, 0.15) is 5.82 Å². The van der Waals surface area contributed by atoms with Gasteiger partial charge in [0.2, 0.25) is 0 Å². The Hall–Kier alpha value is -3.14. The highest BCUT2D eigenvalue weighted by molar-refractivity contribution is 5.68. The van der Waals surface area contributed by atoms with E-state index in [1.54, 1.807) is 6.20 Å². The summed E-state index contributed by atoms with van der Waals surface area (Å²) in [4.78, 5) is 15.7. The molecule has 1 aliphatic rings. The summed E-state index contributed by atoms with van der Waals surface area (Å²) in [6.45, 7) is 0.915. The fraction of sp³-hybridized carbons (Fsp3) is 0.308. The second kappa shape index (κ2) is 9.57. The number of rotatable bonds is 8. The van der Waals surface area contributed by atoms with E-state index in [2.05, 4.69) is 46.7 Å². The monoisotopic (exact) mass is 400 g/mol. The summed E-state index contributed by atoms with van der Waals surface area (Å²) in [7, 11) is 0. The van der Waals surface area contributed by atoms with Gasteiger partial charge in [0.25, 0.3) is 0 Å². The molecule has 0 fully saturated rings. The van der Waals surface area contributed by atoms with Crippen molar-refractivity contribution in [2.75, 3.05) is 11.9 Å². The lowest BCUT2D eigenvalue weighted by Crippen LogP contribution is -2.09. The molecule has 30 heavy (non-hydrogen) atoms. The second-order valence-electron chi connectivity index (χ2n) is 8.08. The number of aryl methyl sites for hydroxylation is 1. The van der Waals surface area contributed by atoms with Crippen LogP contribution in [0.2, 0.25) is 0 Å². The summed E-state index contributed by atoms with van der Waals surface area (Å²) in [5.41, 5.74) is 6.43. The van der Waals surface area contributed by atoms with E-state index in [-0.39, 0.29) is 12.3 Å². The summed E-state index contributed by atoms with van der Waals surface area (Å²) in [6, 6.07) is 21.0. The van der Waals surface area contributed by atoms with Crippen molar-refractivity contribution in [3.8, 4) is 0 Å². The van der Waals surface area contributed by atoms with Gasteiger partial charge in [-0.1, -0.05) is 48.5 Å². The molecule has 0 radical (unpaired) electrons. The second-order valence-corrected chi connectivity index (χ2v) is 8.08. The molecular weight excluding hydrogens is 372 g/mol. The molecule has 1 aliphatic carbocycles. The Labute approximate surface area is 178 Å². The van der Waals surface area contributed by atoms with Gasteiger partial charge in [0.05, 0.1) is 6.42 Å². The van der Waals surface area contributed by atoms with E-state index in [0.29, 0.717) is 0 Å². The molecule has 1 unspecified atom stereocenters. The molecule has 4 rings (SSSR count). The Balaban J connectivity index is 1.40. The van der Waals surface area contributed by atoms with Gasteiger partial charge < -0.3 is 10.4 Å². The Morgan fingerprint density at radius 2 is 1.87 bits per heavy atom. The maximum atomic E-state index is 11.5. The van der Waals surface area contributed by atoms with Crippen LogP contribution < -0.4 is 5.32 Å². The summed E-state index contributed by atoms with van der Waals surface area (Å²) in [5.74, 6) is 0.235. The van der Waals surface area contributed by atoms with Crippen LogP contribution in [-0.2, 0) is 24.1 Å². The number of pyridine rings is 1. The smallest absolute Gasteiger partial charge is 0.303 e. The SMILES string of the molecule is O=C(O)CC1Cc2cc(CCCCNc3ccccn3)ccc2Cc2ccccc21. The van der Waals surface area contributed by atoms with Crippen molar-refractivity contribution in [1.29, 1.82) is 0 Å². The van der Waals surface area contributed by atoms with Crippen LogP contribution in [0.25, 0.3) is 0 Å². The molecule has 0 spiro atoms. The number of hydrogen-bond donors (Lipinski definition) is 2. The molecule has 0 bridgehead atoms. The Morgan fingerprint density at radius 3 is 2.70 bits per heavy atom. The molecule has 0 saturated carbocycles. The van der Waals surface area contributed by atoms with E-state index in [9.17, 15) is 9.90 Å². The van der Waals surface area contributed by atoms with Gasteiger partial charge in [-0.15, -0.1) is 0 Å². The van der Waals surface area contributed by atoms with E-state index in [0.717, 1.165) is 44.5 Å². The van der Waals surface area contributed by atoms with Gasteiger partial charge in [0, 0.05) is 12.7 Å². The van der Waals surface area contributed by atoms with E-state index >= 15 is 0 Å². The van der Waals surface area contributed by atoms with Gasteiger partial charge in [0.15, 0.2) is 0 Å². The molecule has 3 aromatic rings. The van der Waals surface area contributed by atoms with Crippen molar-refractivity contribution in [2.24, 2.45) is 0 Å². The van der Waals surface area contributed by atoms with E-state index in [1.165, 1.54) is 27.8 Å². The Bertz CT molecular complexity index is 1000. The zero-order valence-electron chi connectivity index (χ0n) is 17.2. The van der Waals surface area contributed by atoms with Gasteiger partial charge in [-0.05, 0) is 78.0 Å². The zero-order valence-corrected chi connectivity index (χ0v) is 17.2. The molecule has 1 heterocycles. The van der Waals surface area contributed by atoms with E-state index in [4.69, 9.17) is 0 Å². The number of aliphatic carboxylic acids is 1. The lowest BCUT2D eigenvalue weighted by atomic mass is 9.88. The minimum absolute atomic E-state index is 0.0396. The largest absolute Gasteiger partial charge is 0.481 e. The molecule has 154 valence electrons. The van der Waals surface area contributed by atoms with Gasteiger partial charge in [-0.3, -0.25) is 4.79 Å². The predicted molar refractivity (Wildman–Crippen MR) is 120 cm³/mol. The Kier molecular flexibility index (Phi) is 6.43. The summed E-state index contributed by atoms with van der Waals surface area (Å²) < 4.78 is 0. The number of hydrogen-bond acceptors (Lipinski definition) is 3. The third kappa shape index (κ3) is 5.07. The molecule has 1 atom stereocenters. The number of carboxylic acid groups (broad SMARTS) is 1. The first-order valence-electron chi connectivity index (χ1n) is 10.7. The molecule has 1 aromatic heterocycles. The standard InChI is InChI=1S/C26H28N2O2/c29-26(30)18-23-17-22-15-19(7-3-5-13-27-25-10-4-6-14-28-25)11-12-20(22)16-21-8-1-2-9-24(21)23/h1-2,4,6,8-12,14-15,23H,3,5,7,13,16-18H2,(H,27,28)(H,29,30). The highest BCUT2D eigenvalue weighted by Crippen LogP contribution is 2.34. The van der Waals surface area contributed by atoms with Crippen LogP contribution in [0, 0.1) is 0 Å². The van der Waals surface area contributed by atoms with Crippen molar-refractivity contribution in [3.63, 3.8) is 0 Å². The molecule has 4 heteroatoms. The van der Waals surface area contributed by atoms with E-state index in [1.807, 2.05) is 24.3 Å². The maximum Gasteiger partial charge on any atom is 0.303 e. The molecular formula is C26H28N2O2. The van der Waals surface area contributed by atoms with Crippen molar-refractivity contribution in [2.45, 2.75) is 44.4 Å². The first kappa shape index (κ1) is 20.1. The quantitative estimate of drug-likeness (QED) is 0.509. The molecule has 0 aliphatic heterocycles. The molecule has 0 amide bonds. The maximum absolute atomic E-state index is 11.5. The zero-order chi connectivity index (χ0) is 20.8. The van der Waals surface area contributed by atoms with Crippen LogP contribution >= 0.6 is 0 Å². The van der Waals surface area contributed by atoms with Crippen LogP contribution in [0.5, 0.6) is 0 Å². The first-order valence-corrected chi connectivity index (χ1v) is 10.7. The highest BCUT2D eigenvalue weighted by Gasteiger charge is 2.24. The normalized spacial score (nSPS) is 15.0. The number of carboxylic acids is 1. The minimum Gasteiger partial charge on any atom is -0.481 e. The van der Waals surface area contributed by atoms with Crippen LogP contribution in [-0.4, -0.2) is 22.6 Å². The van der Waals surface area contributed by atoms with Crippen LogP contribution in [0.1, 0.15) is 53.0 Å². The first-order chi connectivity index (χ1) is 14.7. The third-order valence-corrected chi connectivity index (χ3v) is 5.90. The van der Waals surface area contributed by atoms with Crippen molar-refractivity contribution >= 4 is 11.8 Å². The lowest BCUT2D eigenvalue weighted by molar-refractivity contribution is -0.137. The highest BCUT2D eigenvalue weighted by atomic mass is 16.4. The van der Waals surface area contributed by atoms with Gasteiger partial charge in [-0.2, -0.15) is 0 Å². The van der Waals surface area contributed by atoms with Crippen LogP contribution in [0.4, 0.5) is 5.82 Å². The fourth-order valence-corrected chi connectivity index (χ4v) is 4.40. The topological polar surface area (TPSA) is 62.2 Å².